The van der Waals surface area contributed by atoms with Gasteiger partial charge in [-0.25, -0.2) is 9.97 Å². The summed E-state index contributed by atoms with van der Waals surface area (Å²) in [4.78, 5) is 26.7. The van der Waals surface area contributed by atoms with Gasteiger partial charge in [0, 0.05) is 41.8 Å². The average molecular weight is 350 g/mol. The minimum absolute atomic E-state index is 0.0532. The van der Waals surface area contributed by atoms with E-state index < -0.39 is 0 Å². The topological polar surface area (TPSA) is 71.1 Å². The van der Waals surface area contributed by atoms with Crippen LogP contribution in [0.4, 0.5) is 0 Å². The Bertz CT molecular complexity index is 942. The van der Waals surface area contributed by atoms with Gasteiger partial charge in [0.15, 0.2) is 0 Å². The number of likely N-dealkylation sites (tertiary alicyclic amines) is 1. The van der Waals surface area contributed by atoms with Crippen LogP contribution in [0.25, 0.3) is 10.9 Å². The molecule has 1 aromatic carbocycles. The molecule has 3 aromatic rings. The molecule has 1 aliphatic rings. The Hall–Kier alpha value is -2.89. The first-order valence-corrected chi connectivity index (χ1v) is 8.89. The highest BCUT2D eigenvalue weighted by Gasteiger charge is 2.26. The number of aromatic nitrogens is 3. The number of aromatic amines is 1. The number of carbonyl (C=O) groups is 1. The first kappa shape index (κ1) is 16.6. The fourth-order valence-corrected chi connectivity index (χ4v) is 3.60. The van der Waals surface area contributed by atoms with Gasteiger partial charge in [-0.2, -0.15) is 0 Å². The Balaban J connectivity index is 1.46. The molecule has 134 valence electrons. The number of rotatable bonds is 3. The van der Waals surface area contributed by atoms with Gasteiger partial charge in [-0.1, -0.05) is 0 Å². The largest absolute Gasteiger partial charge is 0.497 e. The summed E-state index contributed by atoms with van der Waals surface area (Å²) in [6.45, 7) is 3.39. The highest BCUT2D eigenvalue weighted by Crippen LogP contribution is 2.28. The summed E-state index contributed by atoms with van der Waals surface area (Å²) in [6.07, 6.45) is 3.67. The maximum absolute atomic E-state index is 12.9. The van der Waals surface area contributed by atoms with Crippen molar-refractivity contribution in [1.82, 2.24) is 19.9 Å². The van der Waals surface area contributed by atoms with Gasteiger partial charge in [0.05, 0.1) is 7.11 Å². The van der Waals surface area contributed by atoms with Gasteiger partial charge in [0.25, 0.3) is 5.91 Å². The van der Waals surface area contributed by atoms with E-state index >= 15 is 0 Å². The first-order chi connectivity index (χ1) is 12.6. The second-order valence-electron chi connectivity index (χ2n) is 6.73. The van der Waals surface area contributed by atoms with Crippen LogP contribution in [0, 0.1) is 6.92 Å². The zero-order valence-corrected chi connectivity index (χ0v) is 15.0. The number of carbonyl (C=O) groups excluding carboxylic acids is 1. The van der Waals surface area contributed by atoms with Gasteiger partial charge in [-0.05, 0) is 50.1 Å². The van der Waals surface area contributed by atoms with Crippen LogP contribution in [0.3, 0.4) is 0 Å². The second-order valence-corrected chi connectivity index (χ2v) is 6.73. The van der Waals surface area contributed by atoms with E-state index in [0.29, 0.717) is 11.6 Å². The van der Waals surface area contributed by atoms with Crippen molar-refractivity contribution in [2.45, 2.75) is 25.7 Å². The molecule has 1 aliphatic heterocycles. The third-order valence-electron chi connectivity index (χ3n) is 5.06. The lowest BCUT2D eigenvalue weighted by Gasteiger charge is -2.31. The Morgan fingerprint density at radius 1 is 1.23 bits per heavy atom. The Kier molecular flexibility index (Phi) is 4.32. The number of H-pyrrole nitrogens is 1. The fraction of sp³-hybridized carbons (Fsp3) is 0.350. The third-order valence-corrected chi connectivity index (χ3v) is 5.06. The predicted octanol–water partition coefficient (Wildman–Crippen LogP) is 3.29. The van der Waals surface area contributed by atoms with E-state index in [1.165, 1.54) is 0 Å². The zero-order valence-electron chi connectivity index (χ0n) is 15.0. The number of aryl methyl sites for hydroxylation is 1. The number of benzene rings is 1. The smallest absolute Gasteiger partial charge is 0.270 e. The minimum Gasteiger partial charge on any atom is -0.497 e. The van der Waals surface area contributed by atoms with Crippen molar-refractivity contribution in [3.05, 3.63) is 53.7 Å². The number of methoxy groups -OCH3 is 1. The number of fused-ring (bicyclic) bond motifs is 1. The minimum atomic E-state index is 0.0532. The highest BCUT2D eigenvalue weighted by atomic mass is 16.5. The summed E-state index contributed by atoms with van der Waals surface area (Å²) in [5, 5.41) is 0.985. The molecule has 3 heterocycles. The first-order valence-electron chi connectivity index (χ1n) is 8.89. The molecule has 0 spiro atoms. The van der Waals surface area contributed by atoms with Crippen LogP contribution in [0.2, 0.25) is 0 Å². The SMILES string of the molecule is COc1ccc2[nH]c(C(=O)N3CCC(c4ccnc(C)n4)CC3)cc2c1. The van der Waals surface area contributed by atoms with E-state index in [1.807, 2.05) is 48.4 Å². The monoisotopic (exact) mass is 350 g/mol. The van der Waals surface area contributed by atoms with Crippen molar-refractivity contribution < 1.29 is 9.53 Å². The number of nitrogens with zero attached hydrogens (tertiary/aromatic N) is 3. The van der Waals surface area contributed by atoms with E-state index in [2.05, 4.69) is 15.0 Å². The van der Waals surface area contributed by atoms with Crippen molar-refractivity contribution in [2.75, 3.05) is 20.2 Å². The molecule has 6 heteroatoms. The number of amides is 1. The van der Waals surface area contributed by atoms with Gasteiger partial charge in [0.1, 0.15) is 17.3 Å². The molecule has 0 saturated carbocycles. The summed E-state index contributed by atoms with van der Waals surface area (Å²) < 4.78 is 5.25. The number of nitrogens with one attached hydrogen (secondary N) is 1. The molecule has 0 radical (unpaired) electrons. The molecule has 0 unspecified atom stereocenters. The average Bonchev–Trinajstić information content (AvgIpc) is 3.10. The number of piperidine rings is 1. The molecule has 1 fully saturated rings. The van der Waals surface area contributed by atoms with Crippen LogP contribution in [0.1, 0.15) is 40.8 Å². The fourth-order valence-electron chi connectivity index (χ4n) is 3.60. The molecular weight excluding hydrogens is 328 g/mol. The third kappa shape index (κ3) is 3.14. The lowest BCUT2D eigenvalue weighted by atomic mass is 9.93. The quantitative estimate of drug-likeness (QED) is 0.787. The van der Waals surface area contributed by atoms with Crippen molar-refractivity contribution >= 4 is 16.8 Å². The molecule has 4 rings (SSSR count). The van der Waals surface area contributed by atoms with Crippen LogP contribution in [-0.4, -0.2) is 46.0 Å². The maximum Gasteiger partial charge on any atom is 0.270 e. The van der Waals surface area contributed by atoms with E-state index in [1.54, 1.807) is 7.11 Å². The van der Waals surface area contributed by atoms with Crippen LogP contribution in [-0.2, 0) is 0 Å². The van der Waals surface area contributed by atoms with E-state index in [9.17, 15) is 4.79 Å². The van der Waals surface area contributed by atoms with Crippen LogP contribution < -0.4 is 4.74 Å². The molecule has 0 aliphatic carbocycles. The van der Waals surface area contributed by atoms with Crippen molar-refractivity contribution in [3.8, 4) is 5.75 Å². The van der Waals surface area contributed by atoms with Gasteiger partial charge in [-0.15, -0.1) is 0 Å². The van der Waals surface area contributed by atoms with Gasteiger partial charge in [-0.3, -0.25) is 4.79 Å². The number of hydrogen-bond acceptors (Lipinski definition) is 4. The van der Waals surface area contributed by atoms with E-state index in [-0.39, 0.29) is 5.91 Å². The van der Waals surface area contributed by atoms with E-state index in [4.69, 9.17) is 4.74 Å². The Morgan fingerprint density at radius 3 is 2.77 bits per heavy atom. The summed E-state index contributed by atoms with van der Waals surface area (Å²) >= 11 is 0. The second kappa shape index (κ2) is 6.78. The van der Waals surface area contributed by atoms with Gasteiger partial charge < -0.3 is 14.6 Å². The van der Waals surface area contributed by atoms with Crippen LogP contribution >= 0.6 is 0 Å². The molecule has 26 heavy (non-hydrogen) atoms. The summed E-state index contributed by atoms with van der Waals surface area (Å²) in [7, 11) is 1.64. The zero-order chi connectivity index (χ0) is 18.1. The van der Waals surface area contributed by atoms with Crippen molar-refractivity contribution in [1.29, 1.82) is 0 Å². The normalized spacial score (nSPS) is 15.4. The molecule has 1 saturated heterocycles. The maximum atomic E-state index is 12.9. The molecule has 6 nitrogen and oxygen atoms in total. The molecular formula is C20H22N4O2. The Morgan fingerprint density at radius 2 is 2.04 bits per heavy atom. The number of ether oxygens (including phenoxy) is 1. The molecule has 2 aromatic heterocycles. The summed E-state index contributed by atoms with van der Waals surface area (Å²) in [6, 6.07) is 9.66. The van der Waals surface area contributed by atoms with Crippen LogP contribution in [0.15, 0.2) is 36.5 Å². The Labute approximate surface area is 152 Å². The van der Waals surface area contributed by atoms with Gasteiger partial charge >= 0.3 is 0 Å². The molecule has 1 N–H and O–H groups in total. The summed E-state index contributed by atoms with van der Waals surface area (Å²) in [5.41, 5.74) is 2.66. The van der Waals surface area contributed by atoms with Crippen molar-refractivity contribution in [3.63, 3.8) is 0 Å². The molecule has 0 atom stereocenters. The van der Waals surface area contributed by atoms with Crippen LogP contribution in [0.5, 0.6) is 5.75 Å². The van der Waals surface area contributed by atoms with Gasteiger partial charge in [0.2, 0.25) is 0 Å². The standard InChI is InChI=1S/C20H22N4O2/c1-13-21-8-5-18(22-13)14-6-9-24(10-7-14)20(25)19-12-15-11-16(26-2)3-4-17(15)23-19/h3-5,8,11-12,14,23H,6-7,9-10H2,1-2H3. The molecule has 0 bridgehead atoms. The predicted molar refractivity (Wildman–Crippen MR) is 99.5 cm³/mol. The lowest BCUT2D eigenvalue weighted by molar-refractivity contribution is 0.0707. The van der Waals surface area contributed by atoms with Crippen molar-refractivity contribution in [2.24, 2.45) is 0 Å². The highest BCUT2D eigenvalue weighted by molar-refractivity contribution is 5.98. The lowest BCUT2D eigenvalue weighted by Crippen LogP contribution is -2.38. The van der Waals surface area contributed by atoms with E-state index in [0.717, 1.165) is 54.1 Å². The molecule has 1 amide bonds. The summed E-state index contributed by atoms with van der Waals surface area (Å²) in [5.74, 6) is 2.04. The number of hydrogen-bond donors (Lipinski definition) is 1.